The Labute approximate surface area is 118 Å². The van der Waals surface area contributed by atoms with E-state index in [1.165, 1.54) is 30.6 Å². The molecule has 1 heterocycles. The summed E-state index contributed by atoms with van der Waals surface area (Å²) in [5, 5.41) is 13.4. The molecule has 8 nitrogen and oxygen atoms in total. The minimum absolute atomic E-state index is 0.143. The number of nitro groups is 1. The van der Waals surface area contributed by atoms with Gasteiger partial charge in [-0.3, -0.25) is 24.3 Å². The number of hydrogen-bond donors (Lipinski definition) is 1. The van der Waals surface area contributed by atoms with Crippen LogP contribution in [0.1, 0.15) is 0 Å². The third kappa shape index (κ3) is 3.11. The summed E-state index contributed by atoms with van der Waals surface area (Å²) in [7, 11) is 0. The Morgan fingerprint density at radius 1 is 1.52 bits per heavy atom. The molecular formula is C13H12N4O4. The summed E-state index contributed by atoms with van der Waals surface area (Å²) in [6.07, 6.45) is 2.72. The number of amides is 1. The first kappa shape index (κ1) is 14.4. The van der Waals surface area contributed by atoms with Crippen LogP contribution < -0.4 is 10.9 Å². The van der Waals surface area contributed by atoms with E-state index in [1.54, 1.807) is 0 Å². The molecular weight excluding hydrogens is 276 g/mol. The number of carbonyl (C=O) groups excluding carboxylic acids is 1. The summed E-state index contributed by atoms with van der Waals surface area (Å²) in [6.45, 7) is 3.60. The molecule has 0 fully saturated rings. The SMILES string of the molecule is C=CCNC(=O)Cn1cnc2cc([N+](=O)[O-])ccc2c1=O. The quantitative estimate of drug-likeness (QED) is 0.492. The fraction of sp³-hybridized carbons (Fsp3) is 0.154. The third-order valence-electron chi connectivity index (χ3n) is 2.78. The van der Waals surface area contributed by atoms with Crippen LogP contribution in [-0.4, -0.2) is 26.9 Å². The van der Waals surface area contributed by atoms with Crippen molar-refractivity contribution in [1.82, 2.24) is 14.9 Å². The summed E-state index contributed by atoms with van der Waals surface area (Å²) in [5.41, 5.74) is -0.350. The zero-order chi connectivity index (χ0) is 15.4. The fourth-order valence-corrected chi connectivity index (χ4v) is 1.77. The Hall–Kier alpha value is -3.03. The topological polar surface area (TPSA) is 107 Å². The van der Waals surface area contributed by atoms with E-state index in [2.05, 4.69) is 16.9 Å². The van der Waals surface area contributed by atoms with Gasteiger partial charge in [0.1, 0.15) is 6.54 Å². The van der Waals surface area contributed by atoms with Crippen molar-refractivity contribution < 1.29 is 9.72 Å². The van der Waals surface area contributed by atoms with Crippen LogP contribution in [0.15, 0.2) is 42.0 Å². The Morgan fingerprint density at radius 2 is 2.29 bits per heavy atom. The molecule has 0 unspecified atom stereocenters. The number of nitrogens with zero attached hydrogens (tertiary/aromatic N) is 3. The van der Waals surface area contributed by atoms with E-state index in [0.717, 1.165) is 4.57 Å². The normalized spacial score (nSPS) is 10.3. The second-order valence-electron chi connectivity index (χ2n) is 4.23. The molecule has 0 bridgehead atoms. The van der Waals surface area contributed by atoms with Gasteiger partial charge in [0.05, 0.1) is 22.2 Å². The molecule has 0 saturated heterocycles. The molecule has 0 aliphatic carbocycles. The maximum atomic E-state index is 12.2. The van der Waals surface area contributed by atoms with Crippen LogP contribution in [0.2, 0.25) is 0 Å². The van der Waals surface area contributed by atoms with Gasteiger partial charge in [-0.2, -0.15) is 0 Å². The van der Waals surface area contributed by atoms with Gasteiger partial charge in [0, 0.05) is 18.7 Å². The summed E-state index contributed by atoms with van der Waals surface area (Å²) in [6, 6.07) is 3.79. The lowest BCUT2D eigenvalue weighted by Gasteiger charge is -2.06. The van der Waals surface area contributed by atoms with Crippen molar-refractivity contribution in [3.05, 3.63) is 57.6 Å². The number of carbonyl (C=O) groups is 1. The first-order valence-electron chi connectivity index (χ1n) is 6.04. The molecule has 0 spiro atoms. The molecule has 1 aromatic heterocycles. The van der Waals surface area contributed by atoms with E-state index >= 15 is 0 Å². The molecule has 21 heavy (non-hydrogen) atoms. The van der Waals surface area contributed by atoms with E-state index < -0.39 is 10.5 Å². The van der Waals surface area contributed by atoms with Gasteiger partial charge in [-0.15, -0.1) is 6.58 Å². The molecule has 0 saturated carbocycles. The van der Waals surface area contributed by atoms with Crippen molar-refractivity contribution >= 4 is 22.5 Å². The van der Waals surface area contributed by atoms with E-state index in [-0.39, 0.29) is 29.0 Å². The minimum atomic E-state index is -0.560. The molecule has 0 aliphatic heterocycles. The molecule has 0 aliphatic rings. The first-order valence-corrected chi connectivity index (χ1v) is 6.04. The summed E-state index contributed by atoms with van der Waals surface area (Å²) < 4.78 is 1.15. The minimum Gasteiger partial charge on any atom is -0.351 e. The van der Waals surface area contributed by atoms with Crippen LogP contribution >= 0.6 is 0 Å². The van der Waals surface area contributed by atoms with Crippen LogP contribution in [0.25, 0.3) is 10.9 Å². The molecule has 1 amide bonds. The highest BCUT2D eigenvalue weighted by Gasteiger charge is 2.11. The van der Waals surface area contributed by atoms with Gasteiger partial charge < -0.3 is 5.32 Å². The van der Waals surface area contributed by atoms with Crippen molar-refractivity contribution in [3.8, 4) is 0 Å². The van der Waals surface area contributed by atoms with Gasteiger partial charge in [-0.1, -0.05) is 6.08 Å². The predicted octanol–water partition coefficient (Wildman–Crippen LogP) is 0.607. The summed E-state index contributed by atoms with van der Waals surface area (Å²) >= 11 is 0. The Kier molecular flexibility index (Phi) is 4.07. The highest BCUT2D eigenvalue weighted by Crippen LogP contribution is 2.16. The Balaban J connectivity index is 2.36. The lowest BCUT2D eigenvalue weighted by molar-refractivity contribution is -0.384. The molecule has 1 N–H and O–H groups in total. The average Bonchev–Trinajstić information content (AvgIpc) is 2.47. The number of rotatable bonds is 5. The highest BCUT2D eigenvalue weighted by molar-refractivity contribution is 5.80. The van der Waals surface area contributed by atoms with Crippen molar-refractivity contribution in [2.24, 2.45) is 0 Å². The van der Waals surface area contributed by atoms with Crippen LogP contribution in [0, 0.1) is 10.1 Å². The number of hydrogen-bond acceptors (Lipinski definition) is 5. The molecule has 1 aromatic carbocycles. The van der Waals surface area contributed by atoms with Gasteiger partial charge in [0.25, 0.3) is 11.2 Å². The van der Waals surface area contributed by atoms with Crippen molar-refractivity contribution in [2.75, 3.05) is 6.54 Å². The van der Waals surface area contributed by atoms with Crippen LogP contribution in [-0.2, 0) is 11.3 Å². The van der Waals surface area contributed by atoms with Gasteiger partial charge in [-0.25, -0.2) is 4.98 Å². The Morgan fingerprint density at radius 3 is 2.95 bits per heavy atom. The highest BCUT2D eigenvalue weighted by atomic mass is 16.6. The average molecular weight is 288 g/mol. The van der Waals surface area contributed by atoms with E-state index in [0.29, 0.717) is 6.54 Å². The molecule has 0 atom stereocenters. The molecule has 2 aromatic rings. The second kappa shape index (κ2) is 5.95. The lowest BCUT2D eigenvalue weighted by atomic mass is 10.2. The number of nitrogens with one attached hydrogen (secondary N) is 1. The smallest absolute Gasteiger partial charge is 0.271 e. The third-order valence-corrected chi connectivity index (χ3v) is 2.78. The largest absolute Gasteiger partial charge is 0.351 e. The maximum absolute atomic E-state index is 12.2. The number of nitro benzene ring substituents is 1. The summed E-state index contributed by atoms with van der Waals surface area (Å²) in [5.74, 6) is -0.347. The zero-order valence-electron chi connectivity index (χ0n) is 11.0. The standard InChI is InChI=1S/C13H12N4O4/c1-2-5-14-12(18)7-16-8-15-11-6-9(17(20)21)3-4-10(11)13(16)19/h2-4,6,8H,1,5,7H2,(H,14,18). The monoisotopic (exact) mass is 288 g/mol. The van der Waals surface area contributed by atoms with Crippen LogP contribution in [0.4, 0.5) is 5.69 Å². The Bertz CT molecular complexity index is 781. The molecule has 8 heteroatoms. The van der Waals surface area contributed by atoms with Gasteiger partial charge in [-0.05, 0) is 6.07 Å². The van der Waals surface area contributed by atoms with Crippen molar-refractivity contribution in [3.63, 3.8) is 0 Å². The summed E-state index contributed by atoms with van der Waals surface area (Å²) in [4.78, 5) is 37.8. The number of benzene rings is 1. The number of fused-ring (bicyclic) bond motifs is 1. The van der Waals surface area contributed by atoms with E-state index in [9.17, 15) is 19.7 Å². The van der Waals surface area contributed by atoms with Gasteiger partial charge in [0.2, 0.25) is 5.91 Å². The van der Waals surface area contributed by atoms with Crippen molar-refractivity contribution in [2.45, 2.75) is 6.54 Å². The molecule has 0 radical (unpaired) electrons. The van der Waals surface area contributed by atoms with Gasteiger partial charge >= 0.3 is 0 Å². The van der Waals surface area contributed by atoms with E-state index in [4.69, 9.17) is 0 Å². The second-order valence-corrected chi connectivity index (χ2v) is 4.23. The van der Waals surface area contributed by atoms with Crippen LogP contribution in [0.3, 0.4) is 0 Å². The zero-order valence-corrected chi connectivity index (χ0v) is 11.0. The maximum Gasteiger partial charge on any atom is 0.271 e. The van der Waals surface area contributed by atoms with Crippen LogP contribution in [0.5, 0.6) is 0 Å². The number of aromatic nitrogens is 2. The molecule has 108 valence electrons. The van der Waals surface area contributed by atoms with E-state index in [1.807, 2.05) is 0 Å². The fourth-order valence-electron chi connectivity index (χ4n) is 1.77. The molecule has 2 rings (SSSR count). The van der Waals surface area contributed by atoms with Gasteiger partial charge in [0.15, 0.2) is 0 Å². The lowest BCUT2D eigenvalue weighted by Crippen LogP contribution is -2.32. The first-order chi connectivity index (χ1) is 10.0. The van der Waals surface area contributed by atoms with Crippen molar-refractivity contribution in [1.29, 1.82) is 0 Å². The predicted molar refractivity (Wildman–Crippen MR) is 75.9 cm³/mol. The number of non-ortho nitro benzene ring substituents is 1.